The van der Waals surface area contributed by atoms with Gasteiger partial charge in [-0.1, -0.05) is 18.2 Å². The zero-order chi connectivity index (χ0) is 17.8. The lowest BCUT2D eigenvalue weighted by Crippen LogP contribution is -2.14. The number of aryl methyl sites for hydroxylation is 1. The van der Waals surface area contributed by atoms with Crippen molar-refractivity contribution in [2.75, 3.05) is 10.6 Å². The van der Waals surface area contributed by atoms with Gasteiger partial charge in [-0.3, -0.25) is 9.59 Å². The molecule has 1 heterocycles. The van der Waals surface area contributed by atoms with Gasteiger partial charge in [0, 0.05) is 11.3 Å². The summed E-state index contributed by atoms with van der Waals surface area (Å²) in [6.45, 7) is 1.82. The van der Waals surface area contributed by atoms with Gasteiger partial charge in [0.15, 0.2) is 0 Å². The zero-order valence-corrected chi connectivity index (χ0v) is 14.2. The van der Waals surface area contributed by atoms with Crippen LogP contribution in [-0.4, -0.2) is 11.8 Å². The highest BCUT2D eigenvalue weighted by molar-refractivity contribution is 7.12. The Labute approximate surface area is 148 Å². The van der Waals surface area contributed by atoms with Crippen molar-refractivity contribution in [3.63, 3.8) is 0 Å². The maximum Gasteiger partial charge on any atom is 0.265 e. The van der Waals surface area contributed by atoms with Crippen molar-refractivity contribution in [3.8, 4) is 0 Å². The molecule has 0 spiro atoms. The molecule has 2 aromatic carbocycles. The molecule has 6 heteroatoms. The van der Waals surface area contributed by atoms with Crippen molar-refractivity contribution in [1.29, 1.82) is 0 Å². The number of benzene rings is 2. The first-order valence-electron chi connectivity index (χ1n) is 7.55. The molecule has 0 unspecified atom stereocenters. The predicted octanol–water partition coefficient (Wildman–Crippen LogP) is 4.70. The first kappa shape index (κ1) is 16.9. The van der Waals surface area contributed by atoms with E-state index in [1.54, 1.807) is 48.5 Å². The molecular formula is C19H15FN2O2S. The summed E-state index contributed by atoms with van der Waals surface area (Å²) in [5, 5.41) is 7.11. The van der Waals surface area contributed by atoms with Gasteiger partial charge >= 0.3 is 0 Å². The molecular weight excluding hydrogens is 339 g/mol. The molecule has 2 N–H and O–H groups in total. The number of carbonyl (C=O) groups is 2. The molecule has 0 radical (unpaired) electrons. The smallest absolute Gasteiger partial charge is 0.265 e. The Morgan fingerprint density at radius 2 is 1.80 bits per heavy atom. The molecule has 126 valence electrons. The minimum atomic E-state index is -0.499. The Hall–Kier alpha value is -2.99. The van der Waals surface area contributed by atoms with E-state index < -0.39 is 11.7 Å². The van der Waals surface area contributed by atoms with Gasteiger partial charge in [-0.05, 0) is 54.3 Å². The van der Waals surface area contributed by atoms with Crippen LogP contribution < -0.4 is 10.6 Å². The highest BCUT2D eigenvalue weighted by Gasteiger charge is 2.12. The highest BCUT2D eigenvalue weighted by atomic mass is 32.1. The summed E-state index contributed by atoms with van der Waals surface area (Å²) in [5.74, 6) is -1.19. The molecule has 4 nitrogen and oxygen atoms in total. The second-order valence-electron chi connectivity index (χ2n) is 5.45. The van der Waals surface area contributed by atoms with E-state index in [4.69, 9.17) is 0 Å². The SMILES string of the molecule is Cc1ccc(F)c(NC(=O)c2cccc(NC(=O)c3cccs3)c2)c1. The van der Waals surface area contributed by atoms with Gasteiger partial charge in [0.05, 0.1) is 10.6 Å². The van der Waals surface area contributed by atoms with Crippen LogP contribution in [-0.2, 0) is 0 Å². The van der Waals surface area contributed by atoms with E-state index >= 15 is 0 Å². The molecule has 25 heavy (non-hydrogen) atoms. The van der Waals surface area contributed by atoms with Gasteiger partial charge in [0.25, 0.3) is 11.8 Å². The molecule has 0 atom stereocenters. The third kappa shape index (κ3) is 4.10. The fourth-order valence-corrected chi connectivity index (χ4v) is 2.89. The van der Waals surface area contributed by atoms with E-state index in [1.807, 2.05) is 12.3 Å². The number of nitrogens with one attached hydrogen (secondary N) is 2. The van der Waals surface area contributed by atoms with E-state index in [-0.39, 0.29) is 11.6 Å². The summed E-state index contributed by atoms with van der Waals surface area (Å²) in [5.41, 5.74) is 1.78. The molecule has 3 aromatic rings. The number of halogens is 1. The monoisotopic (exact) mass is 354 g/mol. The van der Waals surface area contributed by atoms with Gasteiger partial charge < -0.3 is 10.6 Å². The van der Waals surface area contributed by atoms with Gasteiger partial charge in [0.2, 0.25) is 0 Å². The number of carbonyl (C=O) groups excluding carboxylic acids is 2. The molecule has 2 amide bonds. The lowest BCUT2D eigenvalue weighted by molar-refractivity contribution is 0.101. The number of hydrogen-bond donors (Lipinski definition) is 2. The van der Waals surface area contributed by atoms with Crippen LogP contribution >= 0.6 is 11.3 Å². The van der Waals surface area contributed by atoms with Crippen LogP contribution in [0.4, 0.5) is 15.8 Å². The van der Waals surface area contributed by atoms with E-state index in [9.17, 15) is 14.0 Å². The average Bonchev–Trinajstić information content (AvgIpc) is 3.13. The summed E-state index contributed by atoms with van der Waals surface area (Å²) in [7, 11) is 0. The van der Waals surface area contributed by atoms with Crippen LogP contribution in [0, 0.1) is 12.7 Å². The number of amides is 2. The Balaban J connectivity index is 1.75. The van der Waals surface area contributed by atoms with Gasteiger partial charge in [0.1, 0.15) is 5.82 Å². The zero-order valence-electron chi connectivity index (χ0n) is 13.4. The van der Waals surface area contributed by atoms with Crippen LogP contribution in [0.3, 0.4) is 0 Å². The Kier molecular flexibility index (Phi) is 4.90. The van der Waals surface area contributed by atoms with E-state index in [0.29, 0.717) is 16.1 Å². The second kappa shape index (κ2) is 7.27. The first-order valence-corrected chi connectivity index (χ1v) is 8.43. The van der Waals surface area contributed by atoms with Crippen LogP contribution in [0.15, 0.2) is 60.0 Å². The van der Waals surface area contributed by atoms with Crippen LogP contribution in [0.1, 0.15) is 25.6 Å². The number of anilines is 2. The number of hydrogen-bond acceptors (Lipinski definition) is 3. The summed E-state index contributed by atoms with van der Waals surface area (Å²) in [6, 6.07) is 14.5. The van der Waals surface area contributed by atoms with Crippen molar-refractivity contribution in [2.24, 2.45) is 0 Å². The predicted molar refractivity (Wildman–Crippen MR) is 97.8 cm³/mol. The Morgan fingerprint density at radius 3 is 2.56 bits per heavy atom. The van der Waals surface area contributed by atoms with Gasteiger partial charge in [-0.15, -0.1) is 11.3 Å². The van der Waals surface area contributed by atoms with Crippen LogP contribution in [0.5, 0.6) is 0 Å². The van der Waals surface area contributed by atoms with Crippen molar-refractivity contribution >= 4 is 34.5 Å². The molecule has 0 bridgehead atoms. The molecule has 0 aliphatic rings. The van der Waals surface area contributed by atoms with Gasteiger partial charge in [-0.2, -0.15) is 0 Å². The maximum absolute atomic E-state index is 13.8. The van der Waals surface area contributed by atoms with Crippen molar-refractivity contribution in [1.82, 2.24) is 0 Å². The maximum atomic E-state index is 13.8. The second-order valence-corrected chi connectivity index (χ2v) is 6.40. The fourth-order valence-electron chi connectivity index (χ4n) is 2.27. The molecule has 3 rings (SSSR count). The summed E-state index contributed by atoms with van der Waals surface area (Å²) in [4.78, 5) is 25.0. The highest BCUT2D eigenvalue weighted by Crippen LogP contribution is 2.19. The Morgan fingerprint density at radius 1 is 0.960 bits per heavy atom. The molecule has 0 saturated heterocycles. The summed E-state index contributed by atoms with van der Waals surface area (Å²) >= 11 is 1.33. The van der Waals surface area contributed by atoms with Gasteiger partial charge in [-0.25, -0.2) is 4.39 Å². The minimum absolute atomic E-state index is 0.123. The standard InChI is InChI=1S/C19H15FN2O2S/c1-12-7-8-15(20)16(10-12)22-18(23)13-4-2-5-14(11-13)21-19(24)17-6-3-9-25-17/h2-11H,1H3,(H,21,24)(H,22,23). The van der Waals surface area contributed by atoms with Crippen LogP contribution in [0.25, 0.3) is 0 Å². The summed E-state index contributed by atoms with van der Waals surface area (Å²) in [6.07, 6.45) is 0. The number of thiophene rings is 1. The Bertz CT molecular complexity index is 923. The van der Waals surface area contributed by atoms with Crippen molar-refractivity contribution < 1.29 is 14.0 Å². The fraction of sp³-hybridized carbons (Fsp3) is 0.0526. The van der Waals surface area contributed by atoms with E-state index in [0.717, 1.165) is 5.56 Å². The molecule has 1 aromatic heterocycles. The molecule has 0 saturated carbocycles. The third-order valence-corrected chi connectivity index (χ3v) is 4.37. The third-order valence-electron chi connectivity index (χ3n) is 3.50. The average molecular weight is 354 g/mol. The largest absolute Gasteiger partial charge is 0.321 e. The molecule has 0 aliphatic carbocycles. The van der Waals surface area contributed by atoms with Crippen molar-refractivity contribution in [2.45, 2.75) is 6.92 Å². The molecule has 0 fully saturated rings. The topological polar surface area (TPSA) is 58.2 Å². The molecule has 0 aliphatic heterocycles. The summed E-state index contributed by atoms with van der Waals surface area (Å²) < 4.78 is 13.8. The lowest BCUT2D eigenvalue weighted by Gasteiger charge is -2.09. The van der Waals surface area contributed by atoms with Crippen molar-refractivity contribution in [3.05, 3.63) is 81.8 Å². The lowest BCUT2D eigenvalue weighted by atomic mass is 10.1. The van der Waals surface area contributed by atoms with Crippen LogP contribution in [0.2, 0.25) is 0 Å². The number of rotatable bonds is 4. The first-order chi connectivity index (χ1) is 12.0. The normalized spacial score (nSPS) is 10.3. The quantitative estimate of drug-likeness (QED) is 0.713. The minimum Gasteiger partial charge on any atom is -0.321 e. The van der Waals surface area contributed by atoms with E-state index in [1.165, 1.54) is 17.4 Å². The van der Waals surface area contributed by atoms with E-state index in [2.05, 4.69) is 10.6 Å².